The maximum Gasteiger partial charge on any atom is 0.264 e. The molecule has 0 unspecified atom stereocenters. The second-order valence-corrected chi connectivity index (χ2v) is 9.96. The number of rotatable bonds is 8. The smallest absolute Gasteiger partial charge is 0.264 e. The van der Waals surface area contributed by atoms with Crippen LogP contribution in [0.4, 0.5) is 5.69 Å². The van der Waals surface area contributed by atoms with Gasteiger partial charge < -0.3 is 10.1 Å². The molecule has 0 aliphatic carbocycles. The molecule has 0 bridgehead atoms. The molecule has 0 aromatic heterocycles. The maximum atomic E-state index is 13.4. The van der Waals surface area contributed by atoms with Crippen molar-refractivity contribution < 1.29 is 17.9 Å². The molecular weight excluding hydrogens is 456 g/mol. The highest BCUT2D eigenvalue weighted by atomic mass is 79.9. The minimum absolute atomic E-state index is 0.0652. The number of halogens is 1. The van der Waals surface area contributed by atoms with Crippen molar-refractivity contribution in [1.82, 2.24) is 5.32 Å². The lowest BCUT2D eigenvalue weighted by molar-refractivity contribution is -0.120. The zero-order chi connectivity index (χ0) is 21.8. The molecule has 158 valence electrons. The Bertz CT molecular complexity index is 959. The Balaban J connectivity index is 2.44. The predicted molar refractivity (Wildman–Crippen MR) is 119 cm³/mol. The van der Waals surface area contributed by atoms with Crippen molar-refractivity contribution in [2.75, 3.05) is 18.0 Å². The summed E-state index contributed by atoms with van der Waals surface area (Å²) >= 11 is 3.33. The Labute approximate surface area is 181 Å². The number of ether oxygens (including phenoxy) is 1. The summed E-state index contributed by atoms with van der Waals surface area (Å²) < 4.78 is 33.6. The number of carbonyl (C=O) groups is 1. The number of amides is 1. The van der Waals surface area contributed by atoms with Gasteiger partial charge in [0.15, 0.2) is 0 Å². The standard InChI is InChI=1S/C21H27BrN2O4S/c1-14(2)16(4)23-21(25)13-24(17-8-6-15(3)7-9-17)29(26,27)18-10-11-20(28-5)19(22)12-18/h6-12,14,16H,13H2,1-5H3,(H,23,25)/t16-/m0/s1. The van der Waals surface area contributed by atoms with E-state index in [9.17, 15) is 13.2 Å². The first-order chi connectivity index (χ1) is 13.6. The van der Waals surface area contributed by atoms with Crippen molar-refractivity contribution in [2.45, 2.75) is 38.6 Å². The first kappa shape index (κ1) is 23.2. The molecular formula is C21H27BrN2O4S. The third-order valence-corrected chi connectivity index (χ3v) is 7.10. The summed E-state index contributed by atoms with van der Waals surface area (Å²) in [5, 5.41) is 2.87. The zero-order valence-corrected chi connectivity index (χ0v) is 19.7. The largest absolute Gasteiger partial charge is 0.496 e. The Morgan fingerprint density at radius 3 is 2.28 bits per heavy atom. The minimum Gasteiger partial charge on any atom is -0.496 e. The van der Waals surface area contributed by atoms with Gasteiger partial charge in [-0.2, -0.15) is 0 Å². The van der Waals surface area contributed by atoms with Crippen LogP contribution in [0.15, 0.2) is 51.8 Å². The molecule has 2 rings (SSSR count). The monoisotopic (exact) mass is 482 g/mol. The Morgan fingerprint density at radius 2 is 1.76 bits per heavy atom. The molecule has 1 amide bonds. The maximum absolute atomic E-state index is 13.4. The van der Waals surface area contributed by atoms with Gasteiger partial charge in [-0.25, -0.2) is 8.42 Å². The number of hydrogen-bond donors (Lipinski definition) is 1. The number of hydrogen-bond acceptors (Lipinski definition) is 4. The van der Waals surface area contributed by atoms with Crippen molar-refractivity contribution in [3.63, 3.8) is 0 Å². The number of aryl methyl sites for hydroxylation is 1. The number of benzene rings is 2. The number of methoxy groups -OCH3 is 1. The lowest BCUT2D eigenvalue weighted by atomic mass is 10.1. The van der Waals surface area contributed by atoms with Crippen LogP contribution in [0, 0.1) is 12.8 Å². The van der Waals surface area contributed by atoms with Crippen LogP contribution in [0.1, 0.15) is 26.3 Å². The average molecular weight is 483 g/mol. The number of sulfonamides is 1. The van der Waals surface area contributed by atoms with Gasteiger partial charge in [-0.15, -0.1) is 0 Å². The van der Waals surface area contributed by atoms with E-state index in [1.807, 2.05) is 39.8 Å². The van der Waals surface area contributed by atoms with E-state index >= 15 is 0 Å². The molecule has 8 heteroatoms. The highest BCUT2D eigenvalue weighted by Crippen LogP contribution is 2.30. The van der Waals surface area contributed by atoms with Crippen molar-refractivity contribution in [2.24, 2.45) is 5.92 Å². The van der Waals surface area contributed by atoms with Crippen LogP contribution in [-0.2, 0) is 14.8 Å². The van der Waals surface area contributed by atoms with E-state index in [1.165, 1.54) is 19.2 Å². The predicted octanol–water partition coefficient (Wildman–Crippen LogP) is 4.12. The quantitative estimate of drug-likeness (QED) is 0.613. The third-order valence-electron chi connectivity index (χ3n) is 4.71. The van der Waals surface area contributed by atoms with E-state index in [0.29, 0.717) is 15.9 Å². The van der Waals surface area contributed by atoms with Crippen LogP contribution >= 0.6 is 15.9 Å². The molecule has 29 heavy (non-hydrogen) atoms. The summed E-state index contributed by atoms with van der Waals surface area (Å²) in [5.41, 5.74) is 1.42. The minimum atomic E-state index is -3.98. The molecule has 2 aromatic carbocycles. The van der Waals surface area contributed by atoms with Crippen molar-refractivity contribution >= 4 is 37.5 Å². The van der Waals surface area contributed by atoms with E-state index in [4.69, 9.17) is 4.74 Å². The first-order valence-electron chi connectivity index (χ1n) is 9.28. The highest BCUT2D eigenvalue weighted by Gasteiger charge is 2.28. The summed E-state index contributed by atoms with van der Waals surface area (Å²) in [7, 11) is -2.47. The first-order valence-corrected chi connectivity index (χ1v) is 11.5. The lowest BCUT2D eigenvalue weighted by Gasteiger charge is -2.26. The molecule has 0 spiro atoms. The number of nitrogens with one attached hydrogen (secondary N) is 1. The van der Waals surface area contributed by atoms with Crippen LogP contribution in [0.3, 0.4) is 0 Å². The van der Waals surface area contributed by atoms with E-state index in [0.717, 1.165) is 9.87 Å². The Kier molecular flexibility index (Phi) is 7.71. The van der Waals surface area contributed by atoms with Gasteiger partial charge in [0.1, 0.15) is 12.3 Å². The Hall–Kier alpha value is -2.06. The van der Waals surface area contributed by atoms with E-state index in [2.05, 4.69) is 21.2 Å². The van der Waals surface area contributed by atoms with Gasteiger partial charge >= 0.3 is 0 Å². The molecule has 2 aromatic rings. The van der Waals surface area contributed by atoms with Crippen molar-refractivity contribution in [1.29, 1.82) is 0 Å². The molecule has 0 saturated heterocycles. The average Bonchev–Trinajstić information content (AvgIpc) is 2.66. The molecule has 0 fully saturated rings. The lowest BCUT2D eigenvalue weighted by Crippen LogP contribution is -2.45. The fourth-order valence-corrected chi connectivity index (χ4v) is 4.70. The van der Waals surface area contributed by atoms with E-state index < -0.39 is 10.0 Å². The SMILES string of the molecule is COc1ccc(S(=O)(=O)N(CC(=O)N[C@@H](C)C(C)C)c2ccc(C)cc2)cc1Br. The van der Waals surface area contributed by atoms with Gasteiger partial charge in [-0.05, 0) is 66.0 Å². The van der Waals surface area contributed by atoms with Gasteiger partial charge in [0.2, 0.25) is 5.91 Å². The van der Waals surface area contributed by atoms with Gasteiger partial charge in [-0.3, -0.25) is 9.10 Å². The number of nitrogens with zero attached hydrogens (tertiary/aromatic N) is 1. The second kappa shape index (κ2) is 9.63. The van der Waals surface area contributed by atoms with Crippen LogP contribution < -0.4 is 14.4 Å². The second-order valence-electron chi connectivity index (χ2n) is 7.24. The molecule has 0 radical (unpaired) electrons. The normalized spacial score (nSPS) is 12.5. The fraction of sp³-hybridized carbons (Fsp3) is 0.381. The summed E-state index contributed by atoms with van der Waals surface area (Å²) in [4.78, 5) is 12.7. The molecule has 0 aliphatic heterocycles. The Morgan fingerprint density at radius 1 is 1.14 bits per heavy atom. The van der Waals surface area contributed by atoms with Crippen molar-refractivity contribution in [3.8, 4) is 5.75 Å². The molecule has 0 saturated carbocycles. The summed E-state index contributed by atoms with van der Waals surface area (Å²) in [6.45, 7) is 7.49. The molecule has 1 atom stereocenters. The van der Waals surface area contributed by atoms with Gasteiger partial charge in [-0.1, -0.05) is 31.5 Å². The van der Waals surface area contributed by atoms with E-state index in [-0.39, 0.29) is 29.3 Å². The fourth-order valence-electron chi connectivity index (χ4n) is 2.56. The summed E-state index contributed by atoms with van der Waals surface area (Å²) in [5.74, 6) is 0.401. The van der Waals surface area contributed by atoms with Crippen molar-refractivity contribution in [3.05, 3.63) is 52.5 Å². The molecule has 0 heterocycles. The van der Waals surface area contributed by atoms with E-state index in [1.54, 1.807) is 18.2 Å². The number of carbonyl (C=O) groups excluding carboxylic acids is 1. The van der Waals surface area contributed by atoms with Gasteiger partial charge in [0.05, 0.1) is 22.2 Å². The van der Waals surface area contributed by atoms with Crippen LogP contribution in [0.2, 0.25) is 0 Å². The van der Waals surface area contributed by atoms with Gasteiger partial charge in [0.25, 0.3) is 10.0 Å². The topological polar surface area (TPSA) is 75.7 Å². The molecule has 6 nitrogen and oxygen atoms in total. The summed E-state index contributed by atoms with van der Waals surface area (Å²) in [6, 6.07) is 11.5. The summed E-state index contributed by atoms with van der Waals surface area (Å²) in [6.07, 6.45) is 0. The van der Waals surface area contributed by atoms with Crippen LogP contribution in [-0.4, -0.2) is 34.0 Å². The van der Waals surface area contributed by atoms with Gasteiger partial charge in [0, 0.05) is 6.04 Å². The third kappa shape index (κ3) is 5.73. The number of anilines is 1. The zero-order valence-electron chi connectivity index (χ0n) is 17.3. The van der Waals surface area contributed by atoms with Crippen LogP contribution in [0.25, 0.3) is 0 Å². The highest BCUT2D eigenvalue weighted by molar-refractivity contribution is 9.10. The molecule has 1 N–H and O–H groups in total. The van der Waals surface area contributed by atoms with Crippen LogP contribution in [0.5, 0.6) is 5.75 Å². The molecule has 0 aliphatic rings.